The molecule has 1 aromatic carbocycles. The van der Waals surface area contributed by atoms with Gasteiger partial charge in [-0.3, -0.25) is 4.79 Å². The Kier molecular flexibility index (Phi) is 4.27. The van der Waals surface area contributed by atoms with Crippen molar-refractivity contribution in [1.82, 2.24) is 19.8 Å². The third-order valence-electron chi connectivity index (χ3n) is 5.56. The van der Waals surface area contributed by atoms with E-state index in [2.05, 4.69) is 10.2 Å². The zero-order chi connectivity index (χ0) is 20.8. The average molecular weight is 404 g/mol. The van der Waals surface area contributed by atoms with Gasteiger partial charge in [0.25, 0.3) is 0 Å². The molecule has 1 aliphatic rings. The smallest absolute Gasteiger partial charge is 0.185 e. The highest BCUT2D eigenvalue weighted by Gasteiger charge is 2.32. The topological polar surface area (TPSA) is 91.8 Å². The SMILES string of the molecule is COc1ccc(-c2c(C)nn3c4c(nnc23)C(=O)C[C@H](c2ccco2)C4)cc1OC. The molecular weight excluding hydrogens is 384 g/mol. The zero-order valence-corrected chi connectivity index (χ0v) is 16.9. The van der Waals surface area contributed by atoms with Crippen molar-refractivity contribution in [2.24, 2.45) is 0 Å². The lowest BCUT2D eigenvalue weighted by Gasteiger charge is -2.21. The molecule has 0 unspecified atom stereocenters. The molecule has 0 saturated carbocycles. The summed E-state index contributed by atoms with van der Waals surface area (Å²) in [6, 6.07) is 9.41. The van der Waals surface area contributed by atoms with Gasteiger partial charge in [0.15, 0.2) is 28.6 Å². The second-order valence-corrected chi connectivity index (χ2v) is 7.30. The largest absolute Gasteiger partial charge is 0.493 e. The van der Waals surface area contributed by atoms with Crippen LogP contribution in [0.2, 0.25) is 0 Å². The first kappa shape index (κ1) is 18.4. The van der Waals surface area contributed by atoms with Crippen LogP contribution < -0.4 is 9.47 Å². The third kappa shape index (κ3) is 2.75. The van der Waals surface area contributed by atoms with Crippen molar-refractivity contribution >= 4 is 11.4 Å². The molecule has 5 rings (SSSR count). The molecule has 8 heteroatoms. The molecule has 3 aromatic heterocycles. The predicted octanol–water partition coefficient (Wildman–Crippen LogP) is 3.62. The van der Waals surface area contributed by atoms with Crippen LogP contribution in [-0.4, -0.2) is 39.8 Å². The summed E-state index contributed by atoms with van der Waals surface area (Å²) >= 11 is 0. The number of carbonyl (C=O) groups excluding carboxylic acids is 1. The molecule has 0 aliphatic heterocycles. The molecule has 8 nitrogen and oxygen atoms in total. The first-order valence-corrected chi connectivity index (χ1v) is 9.64. The molecule has 0 radical (unpaired) electrons. The lowest BCUT2D eigenvalue weighted by molar-refractivity contribution is 0.0951. The van der Waals surface area contributed by atoms with E-state index in [9.17, 15) is 4.79 Å². The first-order chi connectivity index (χ1) is 14.6. The Morgan fingerprint density at radius 2 is 1.93 bits per heavy atom. The van der Waals surface area contributed by atoms with Crippen LogP contribution in [0.15, 0.2) is 41.0 Å². The number of benzene rings is 1. The van der Waals surface area contributed by atoms with Crippen LogP contribution in [0.4, 0.5) is 0 Å². The fourth-order valence-corrected chi connectivity index (χ4v) is 4.13. The molecule has 0 bridgehead atoms. The summed E-state index contributed by atoms with van der Waals surface area (Å²) in [5, 5.41) is 13.3. The van der Waals surface area contributed by atoms with Crippen LogP contribution in [0.5, 0.6) is 11.5 Å². The van der Waals surface area contributed by atoms with E-state index in [4.69, 9.17) is 19.0 Å². The lowest BCUT2D eigenvalue weighted by atomic mass is 9.87. The minimum absolute atomic E-state index is 0.0403. The summed E-state index contributed by atoms with van der Waals surface area (Å²) in [4.78, 5) is 12.7. The van der Waals surface area contributed by atoms with Crippen LogP contribution in [0.25, 0.3) is 16.8 Å². The van der Waals surface area contributed by atoms with Gasteiger partial charge in [-0.15, -0.1) is 10.2 Å². The maximum Gasteiger partial charge on any atom is 0.185 e. The van der Waals surface area contributed by atoms with Gasteiger partial charge in [-0.25, -0.2) is 4.52 Å². The monoisotopic (exact) mass is 404 g/mol. The fourth-order valence-electron chi connectivity index (χ4n) is 4.13. The maximum absolute atomic E-state index is 12.7. The molecule has 0 amide bonds. The first-order valence-electron chi connectivity index (χ1n) is 9.64. The minimum Gasteiger partial charge on any atom is -0.493 e. The summed E-state index contributed by atoms with van der Waals surface area (Å²) in [6.07, 6.45) is 2.58. The number of ether oxygens (including phenoxy) is 2. The van der Waals surface area contributed by atoms with Crippen molar-refractivity contribution in [2.45, 2.75) is 25.7 Å². The standard InChI is InChI=1S/C22H20N4O4/c1-12-20(13-6-7-18(28-2)19(11-13)29-3)22-24-23-21-15(26(22)25-12)9-14(10-16(21)27)17-5-4-8-30-17/h4-8,11,14H,9-10H2,1-3H3/t14-/m1/s1. The Hall–Kier alpha value is -3.68. The number of aromatic nitrogens is 4. The van der Waals surface area contributed by atoms with Crippen molar-refractivity contribution in [2.75, 3.05) is 14.2 Å². The number of rotatable bonds is 4. The molecule has 0 N–H and O–H groups in total. The number of hydrogen-bond acceptors (Lipinski definition) is 7. The normalized spacial score (nSPS) is 16.0. The van der Waals surface area contributed by atoms with Gasteiger partial charge < -0.3 is 13.9 Å². The van der Waals surface area contributed by atoms with Crippen molar-refractivity contribution in [3.05, 3.63) is 59.4 Å². The fraction of sp³-hybridized carbons (Fsp3) is 0.273. The van der Waals surface area contributed by atoms with E-state index in [-0.39, 0.29) is 11.7 Å². The van der Waals surface area contributed by atoms with Gasteiger partial charge in [-0.2, -0.15) is 5.10 Å². The van der Waals surface area contributed by atoms with Gasteiger partial charge in [0, 0.05) is 18.8 Å². The Morgan fingerprint density at radius 1 is 1.10 bits per heavy atom. The third-order valence-corrected chi connectivity index (χ3v) is 5.56. The van der Waals surface area contributed by atoms with Gasteiger partial charge in [-0.1, -0.05) is 6.07 Å². The molecule has 152 valence electrons. The number of ketones is 1. The van der Waals surface area contributed by atoms with Crippen molar-refractivity contribution in [1.29, 1.82) is 0 Å². The summed E-state index contributed by atoms with van der Waals surface area (Å²) in [5.74, 6) is 1.97. The van der Waals surface area contributed by atoms with E-state index in [0.29, 0.717) is 35.7 Å². The van der Waals surface area contributed by atoms with Gasteiger partial charge in [-0.05, 0) is 36.8 Å². The number of nitrogens with zero attached hydrogens (tertiary/aromatic N) is 4. The van der Waals surface area contributed by atoms with Crippen LogP contribution >= 0.6 is 0 Å². The number of Topliss-reactive ketones (excluding diaryl/α,β-unsaturated/α-hetero) is 1. The summed E-state index contributed by atoms with van der Waals surface area (Å²) < 4.78 is 18.1. The second kappa shape index (κ2) is 6.98. The molecule has 30 heavy (non-hydrogen) atoms. The molecule has 1 atom stereocenters. The molecule has 4 aromatic rings. The Balaban J connectivity index is 1.66. The van der Waals surface area contributed by atoms with E-state index in [0.717, 1.165) is 28.3 Å². The Morgan fingerprint density at radius 3 is 2.67 bits per heavy atom. The van der Waals surface area contributed by atoms with Crippen molar-refractivity contribution < 1.29 is 18.7 Å². The molecule has 0 saturated heterocycles. The summed E-state index contributed by atoms with van der Waals surface area (Å²) in [6.45, 7) is 1.92. The number of methoxy groups -OCH3 is 2. The lowest BCUT2D eigenvalue weighted by Crippen LogP contribution is -2.24. The van der Waals surface area contributed by atoms with Gasteiger partial charge in [0.2, 0.25) is 0 Å². The van der Waals surface area contributed by atoms with Gasteiger partial charge in [0.05, 0.1) is 37.4 Å². The average Bonchev–Trinajstić information content (AvgIpc) is 3.40. The Labute approximate surface area is 172 Å². The highest BCUT2D eigenvalue weighted by Crippen LogP contribution is 2.37. The maximum atomic E-state index is 12.7. The molecule has 3 heterocycles. The predicted molar refractivity (Wildman–Crippen MR) is 108 cm³/mol. The highest BCUT2D eigenvalue weighted by atomic mass is 16.5. The van der Waals surface area contributed by atoms with Gasteiger partial charge in [0.1, 0.15) is 5.76 Å². The molecule has 1 aliphatic carbocycles. The second-order valence-electron chi connectivity index (χ2n) is 7.30. The van der Waals surface area contributed by atoms with Crippen LogP contribution in [-0.2, 0) is 6.42 Å². The molecule has 0 spiro atoms. The number of hydrogen-bond donors (Lipinski definition) is 0. The van der Waals surface area contributed by atoms with Crippen molar-refractivity contribution in [3.63, 3.8) is 0 Å². The molecule has 0 fully saturated rings. The highest BCUT2D eigenvalue weighted by molar-refractivity contribution is 5.97. The Bertz CT molecular complexity index is 1260. The van der Waals surface area contributed by atoms with Crippen LogP contribution in [0.3, 0.4) is 0 Å². The molecular formula is C22H20N4O4. The summed E-state index contributed by atoms with van der Waals surface area (Å²) in [5.41, 5.74) is 4.26. The van der Waals surface area contributed by atoms with E-state index >= 15 is 0 Å². The van der Waals surface area contributed by atoms with Crippen LogP contribution in [0.1, 0.15) is 40.0 Å². The number of aryl methyl sites for hydroxylation is 1. The number of carbonyl (C=O) groups is 1. The number of furan rings is 1. The zero-order valence-electron chi connectivity index (χ0n) is 16.9. The minimum atomic E-state index is -0.0483. The van der Waals surface area contributed by atoms with Gasteiger partial charge >= 0.3 is 0 Å². The summed E-state index contributed by atoms with van der Waals surface area (Å²) in [7, 11) is 3.20. The van der Waals surface area contributed by atoms with E-state index in [1.54, 1.807) is 25.0 Å². The van der Waals surface area contributed by atoms with E-state index < -0.39 is 0 Å². The number of fused-ring (bicyclic) bond motifs is 3. The van der Waals surface area contributed by atoms with Crippen molar-refractivity contribution in [3.8, 4) is 22.6 Å². The van der Waals surface area contributed by atoms with E-state index in [1.807, 2.05) is 37.3 Å². The quantitative estimate of drug-likeness (QED) is 0.513. The van der Waals surface area contributed by atoms with Crippen LogP contribution in [0, 0.1) is 6.92 Å². The van der Waals surface area contributed by atoms with E-state index in [1.165, 1.54) is 0 Å².